The van der Waals surface area contributed by atoms with Gasteiger partial charge in [-0.3, -0.25) is 9.69 Å². The van der Waals surface area contributed by atoms with Crippen LogP contribution in [0.1, 0.15) is 31.7 Å². The standard InChI is InChI=1S/C21H33F2N5O2/c1-4-24-21(26-15-16-9-5-6-11-18(16)30-20(22)23)25-12-8-14-28-13-7-10-17(28)19(29)27(2)3/h5-6,9,11,17,20H,4,7-8,10,12-15H2,1-3H3,(H2,24,25,26). The van der Waals surface area contributed by atoms with Crippen LogP contribution in [0.15, 0.2) is 29.3 Å². The van der Waals surface area contributed by atoms with Gasteiger partial charge in [-0.2, -0.15) is 8.78 Å². The second-order valence-electron chi connectivity index (χ2n) is 7.39. The molecule has 1 aromatic rings. The molecule has 30 heavy (non-hydrogen) atoms. The highest BCUT2D eigenvalue weighted by Gasteiger charge is 2.30. The Kier molecular flexibility index (Phi) is 9.79. The number of hydrogen-bond acceptors (Lipinski definition) is 4. The first-order valence-electron chi connectivity index (χ1n) is 10.4. The van der Waals surface area contributed by atoms with E-state index in [9.17, 15) is 13.6 Å². The molecule has 0 bridgehead atoms. The summed E-state index contributed by atoms with van der Waals surface area (Å²) in [7, 11) is 3.59. The van der Waals surface area contributed by atoms with Gasteiger partial charge >= 0.3 is 6.61 Å². The van der Waals surface area contributed by atoms with Crippen LogP contribution < -0.4 is 15.4 Å². The van der Waals surface area contributed by atoms with Crippen LogP contribution in [-0.2, 0) is 11.3 Å². The number of para-hydroxylation sites is 1. The van der Waals surface area contributed by atoms with Crippen LogP contribution in [0.4, 0.5) is 8.78 Å². The lowest BCUT2D eigenvalue weighted by Gasteiger charge is -2.26. The molecule has 9 heteroatoms. The van der Waals surface area contributed by atoms with Gasteiger partial charge in [-0.05, 0) is 38.8 Å². The van der Waals surface area contributed by atoms with Crippen molar-refractivity contribution in [1.29, 1.82) is 0 Å². The van der Waals surface area contributed by atoms with Gasteiger partial charge in [-0.1, -0.05) is 18.2 Å². The van der Waals surface area contributed by atoms with Gasteiger partial charge < -0.3 is 20.3 Å². The Hall–Kier alpha value is -2.42. The number of carbonyl (C=O) groups excluding carboxylic acids is 1. The number of guanidine groups is 1. The van der Waals surface area contributed by atoms with Crippen LogP contribution in [0.25, 0.3) is 0 Å². The molecular formula is C21H33F2N5O2. The number of amides is 1. The van der Waals surface area contributed by atoms with Gasteiger partial charge in [-0.15, -0.1) is 0 Å². The molecule has 1 aliphatic rings. The van der Waals surface area contributed by atoms with Crippen molar-refractivity contribution >= 4 is 11.9 Å². The number of halogens is 2. The predicted molar refractivity (Wildman–Crippen MR) is 114 cm³/mol. The van der Waals surface area contributed by atoms with E-state index in [0.29, 0.717) is 24.6 Å². The molecule has 168 valence electrons. The zero-order chi connectivity index (χ0) is 21.9. The molecule has 0 saturated carbocycles. The van der Waals surface area contributed by atoms with Crippen molar-refractivity contribution in [2.45, 2.75) is 45.4 Å². The Morgan fingerprint density at radius 1 is 1.33 bits per heavy atom. The van der Waals surface area contributed by atoms with Crippen LogP contribution in [0, 0.1) is 0 Å². The summed E-state index contributed by atoms with van der Waals surface area (Å²) in [6.07, 6.45) is 2.82. The number of likely N-dealkylation sites (N-methyl/N-ethyl adjacent to an activating group) is 1. The number of ether oxygens (including phenoxy) is 1. The van der Waals surface area contributed by atoms with E-state index in [1.807, 2.05) is 6.92 Å². The number of carbonyl (C=O) groups is 1. The molecule has 0 aliphatic carbocycles. The maximum Gasteiger partial charge on any atom is 0.387 e. The van der Waals surface area contributed by atoms with Crippen molar-refractivity contribution in [2.75, 3.05) is 40.3 Å². The second-order valence-corrected chi connectivity index (χ2v) is 7.39. The maximum atomic E-state index is 12.6. The highest BCUT2D eigenvalue weighted by Crippen LogP contribution is 2.21. The molecule has 1 heterocycles. The molecule has 2 rings (SSSR count). The minimum atomic E-state index is -2.87. The molecule has 1 aliphatic heterocycles. The van der Waals surface area contributed by atoms with Gasteiger partial charge in [0, 0.05) is 39.3 Å². The molecular weight excluding hydrogens is 392 g/mol. The van der Waals surface area contributed by atoms with Gasteiger partial charge in [0.15, 0.2) is 5.96 Å². The van der Waals surface area contributed by atoms with Crippen molar-refractivity contribution in [3.05, 3.63) is 29.8 Å². The zero-order valence-electron chi connectivity index (χ0n) is 18.0. The van der Waals surface area contributed by atoms with E-state index in [1.165, 1.54) is 6.07 Å². The van der Waals surface area contributed by atoms with E-state index < -0.39 is 6.61 Å². The van der Waals surface area contributed by atoms with E-state index in [1.54, 1.807) is 37.2 Å². The van der Waals surface area contributed by atoms with Gasteiger partial charge in [0.05, 0.1) is 12.6 Å². The summed E-state index contributed by atoms with van der Waals surface area (Å²) in [5, 5.41) is 6.43. The average molecular weight is 426 g/mol. The first-order valence-corrected chi connectivity index (χ1v) is 10.4. The summed E-state index contributed by atoms with van der Waals surface area (Å²) < 4.78 is 29.7. The lowest BCUT2D eigenvalue weighted by Crippen LogP contribution is -2.44. The third-order valence-corrected chi connectivity index (χ3v) is 4.94. The van der Waals surface area contributed by atoms with E-state index in [2.05, 4.69) is 25.3 Å². The topological polar surface area (TPSA) is 69.2 Å². The fourth-order valence-electron chi connectivity index (χ4n) is 3.51. The van der Waals surface area contributed by atoms with Gasteiger partial charge in [0.2, 0.25) is 5.91 Å². The predicted octanol–water partition coefficient (Wildman–Crippen LogP) is 2.29. The Morgan fingerprint density at radius 2 is 2.10 bits per heavy atom. The third kappa shape index (κ3) is 7.44. The monoisotopic (exact) mass is 425 g/mol. The lowest BCUT2D eigenvalue weighted by atomic mass is 10.2. The maximum absolute atomic E-state index is 12.6. The quantitative estimate of drug-likeness (QED) is 0.342. The van der Waals surface area contributed by atoms with Crippen molar-refractivity contribution < 1.29 is 18.3 Å². The van der Waals surface area contributed by atoms with Crippen LogP contribution in [-0.4, -0.2) is 74.6 Å². The lowest BCUT2D eigenvalue weighted by molar-refractivity contribution is -0.133. The minimum Gasteiger partial charge on any atom is -0.434 e. The van der Waals surface area contributed by atoms with E-state index >= 15 is 0 Å². The Balaban J connectivity index is 1.85. The van der Waals surface area contributed by atoms with Crippen molar-refractivity contribution in [1.82, 2.24) is 20.4 Å². The number of nitrogens with one attached hydrogen (secondary N) is 2. The number of nitrogens with zero attached hydrogens (tertiary/aromatic N) is 3. The highest BCUT2D eigenvalue weighted by molar-refractivity contribution is 5.81. The van der Waals surface area contributed by atoms with Crippen molar-refractivity contribution in [3.8, 4) is 5.75 Å². The fourth-order valence-corrected chi connectivity index (χ4v) is 3.51. The number of aliphatic imine (C=N–C) groups is 1. The first kappa shape index (κ1) is 23.9. The highest BCUT2D eigenvalue weighted by atomic mass is 19.3. The molecule has 1 fully saturated rings. The molecule has 1 unspecified atom stereocenters. The van der Waals surface area contributed by atoms with Crippen LogP contribution in [0.3, 0.4) is 0 Å². The SMILES string of the molecule is CCNC(=NCc1ccccc1OC(F)F)NCCCN1CCCC1C(=O)N(C)C. The fraction of sp³-hybridized carbons (Fsp3) is 0.619. The van der Waals surface area contributed by atoms with Crippen LogP contribution >= 0.6 is 0 Å². The van der Waals surface area contributed by atoms with Crippen molar-refractivity contribution in [2.24, 2.45) is 4.99 Å². The summed E-state index contributed by atoms with van der Waals surface area (Å²) >= 11 is 0. The molecule has 1 saturated heterocycles. The second kappa shape index (κ2) is 12.3. The summed E-state index contributed by atoms with van der Waals surface area (Å²) in [5.74, 6) is 0.921. The number of alkyl halides is 2. The van der Waals surface area contributed by atoms with E-state index in [0.717, 1.165) is 32.4 Å². The smallest absolute Gasteiger partial charge is 0.387 e. The molecule has 1 aromatic carbocycles. The summed E-state index contributed by atoms with van der Waals surface area (Å²) in [6.45, 7) is 2.49. The number of likely N-dealkylation sites (tertiary alicyclic amines) is 1. The van der Waals surface area contributed by atoms with Crippen LogP contribution in [0.5, 0.6) is 5.75 Å². The molecule has 0 aromatic heterocycles. The number of benzene rings is 1. The summed E-state index contributed by atoms with van der Waals surface area (Å²) in [5.41, 5.74) is 0.595. The van der Waals surface area contributed by atoms with Crippen LogP contribution in [0.2, 0.25) is 0 Å². The zero-order valence-corrected chi connectivity index (χ0v) is 18.0. The molecule has 1 amide bonds. The van der Waals surface area contributed by atoms with Crippen molar-refractivity contribution in [3.63, 3.8) is 0 Å². The Bertz CT molecular complexity index is 700. The summed E-state index contributed by atoms with van der Waals surface area (Å²) in [6, 6.07) is 6.64. The molecule has 2 N–H and O–H groups in total. The average Bonchev–Trinajstić information content (AvgIpc) is 3.17. The summed E-state index contributed by atoms with van der Waals surface area (Å²) in [4.78, 5) is 20.7. The first-order chi connectivity index (χ1) is 14.4. The molecule has 0 radical (unpaired) electrons. The Morgan fingerprint density at radius 3 is 2.80 bits per heavy atom. The van der Waals surface area contributed by atoms with Gasteiger partial charge in [0.25, 0.3) is 0 Å². The number of hydrogen-bond donors (Lipinski definition) is 2. The molecule has 1 atom stereocenters. The number of rotatable bonds is 10. The van der Waals surface area contributed by atoms with Gasteiger partial charge in [0.1, 0.15) is 5.75 Å². The molecule has 7 nitrogen and oxygen atoms in total. The third-order valence-electron chi connectivity index (χ3n) is 4.94. The van der Waals surface area contributed by atoms with E-state index in [4.69, 9.17) is 0 Å². The molecule has 0 spiro atoms. The Labute approximate surface area is 177 Å². The largest absolute Gasteiger partial charge is 0.434 e. The normalized spacial score (nSPS) is 17.3. The van der Waals surface area contributed by atoms with E-state index in [-0.39, 0.29) is 24.2 Å². The van der Waals surface area contributed by atoms with Gasteiger partial charge in [-0.25, -0.2) is 4.99 Å². The minimum absolute atomic E-state index is 0.0201.